The van der Waals surface area contributed by atoms with Crippen LogP contribution in [0.4, 0.5) is 0 Å². The Kier molecular flexibility index (Phi) is 10.3. The average Bonchev–Trinajstić information content (AvgIpc) is 2.94. The van der Waals surface area contributed by atoms with E-state index in [1.165, 1.54) is 0 Å². The summed E-state index contributed by atoms with van der Waals surface area (Å²) in [5.41, 5.74) is 1.66. The van der Waals surface area contributed by atoms with Gasteiger partial charge in [-0.05, 0) is 52.3 Å². The third kappa shape index (κ3) is 7.67. The Morgan fingerprint density at radius 2 is 2.04 bits per heavy atom. The van der Waals surface area contributed by atoms with Crippen LogP contribution in [0.3, 0.4) is 0 Å². The second-order valence-electron chi connectivity index (χ2n) is 6.58. The van der Waals surface area contributed by atoms with Crippen molar-refractivity contribution < 1.29 is 14.3 Å². The van der Waals surface area contributed by atoms with Crippen molar-refractivity contribution in [3.63, 3.8) is 0 Å². The second-order valence-corrected chi connectivity index (χ2v) is 6.58. The number of halogens is 1. The lowest BCUT2D eigenvalue weighted by Gasteiger charge is -2.17. The summed E-state index contributed by atoms with van der Waals surface area (Å²) in [5, 5.41) is 16.8. The average molecular weight is 502 g/mol. The molecule has 1 aromatic carbocycles. The summed E-state index contributed by atoms with van der Waals surface area (Å²) in [5.74, 6) is 2.72. The number of rotatable bonds is 8. The molecule has 1 heterocycles. The Morgan fingerprint density at radius 1 is 1.29 bits per heavy atom. The normalized spacial score (nSPS) is 12.5. The zero-order valence-electron chi connectivity index (χ0n) is 17.2. The van der Waals surface area contributed by atoms with Crippen LogP contribution >= 0.6 is 24.0 Å². The first-order chi connectivity index (χ1) is 12.9. The molecule has 0 fully saturated rings. The number of nitrogens with zero attached hydrogens (tertiary/aromatic N) is 2. The van der Waals surface area contributed by atoms with Crippen LogP contribution in [-0.2, 0) is 6.54 Å². The van der Waals surface area contributed by atoms with Crippen LogP contribution in [0.25, 0.3) is 0 Å². The minimum absolute atomic E-state index is 0. The highest BCUT2D eigenvalue weighted by atomic mass is 127. The Labute approximate surface area is 184 Å². The first kappa shape index (κ1) is 24.2. The molecule has 1 aromatic heterocycles. The van der Waals surface area contributed by atoms with Crippen molar-refractivity contribution in [2.75, 3.05) is 13.1 Å². The largest absolute Gasteiger partial charge is 0.491 e. The Hall–Kier alpha value is -1.81. The Morgan fingerprint density at radius 3 is 2.64 bits per heavy atom. The van der Waals surface area contributed by atoms with Crippen molar-refractivity contribution in [2.45, 2.75) is 53.4 Å². The molecule has 0 spiro atoms. The lowest BCUT2D eigenvalue weighted by molar-refractivity contribution is 0.179. The van der Waals surface area contributed by atoms with Gasteiger partial charge in [0.1, 0.15) is 18.1 Å². The molecular weight excluding hydrogens is 471 g/mol. The summed E-state index contributed by atoms with van der Waals surface area (Å²) in [6, 6.07) is 7.50. The predicted octanol–water partition coefficient (Wildman–Crippen LogP) is 3.49. The number of aliphatic hydroxyl groups excluding tert-OH is 1. The quantitative estimate of drug-likeness (QED) is 0.291. The molecule has 0 aliphatic rings. The number of aromatic nitrogens is 1. The van der Waals surface area contributed by atoms with E-state index in [1.54, 1.807) is 0 Å². The van der Waals surface area contributed by atoms with Crippen LogP contribution in [0, 0.1) is 13.8 Å². The minimum atomic E-state index is -0.684. The highest BCUT2D eigenvalue weighted by molar-refractivity contribution is 14.0. The van der Waals surface area contributed by atoms with Gasteiger partial charge in [-0.1, -0.05) is 12.1 Å². The zero-order valence-corrected chi connectivity index (χ0v) is 19.5. The van der Waals surface area contributed by atoms with Gasteiger partial charge in [-0.15, -0.1) is 24.0 Å². The molecule has 156 valence electrons. The van der Waals surface area contributed by atoms with E-state index in [9.17, 15) is 5.11 Å². The van der Waals surface area contributed by atoms with Crippen LogP contribution in [0.15, 0.2) is 33.7 Å². The summed E-state index contributed by atoms with van der Waals surface area (Å²) in [6.07, 6.45) is -0.596. The number of nitrogens with one attached hydrogen (secondary N) is 2. The smallest absolute Gasteiger partial charge is 0.216 e. The van der Waals surface area contributed by atoms with Crippen LogP contribution in [0.5, 0.6) is 5.75 Å². The van der Waals surface area contributed by atoms with Gasteiger partial charge in [-0.25, -0.2) is 9.98 Å². The van der Waals surface area contributed by atoms with E-state index in [4.69, 9.17) is 9.15 Å². The van der Waals surface area contributed by atoms with Gasteiger partial charge in [0, 0.05) is 13.1 Å². The number of ether oxygens (including phenoxy) is 1. The summed E-state index contributed by atoms with van der Waals surface area (Å²) in [7, 11) is 0. The number of aliphatic imine (C=N–C) groups is 1. The molecule has 0 saturated heterocycles. The Bertz CT molecular complexity index is 742. The van der Waals surface area contributed by atoms with Crippen molar-refractivity contribution in [3.05, 3.63) is 47.2 Å². The summed E-state index contributed by atoms with van der Waals surface area (Å²) in [4.78, 5) is 8.79. The minimum Gasteiger partial charge on any atom is -0.491 e. The number of benzene rings is 1. The molecule has 7 nitrogen and oxygen atoms in total. The molecule has 2 rings (SSSR count). The van der Waals surface area contributed by atoms with Crippen molar-refractivity contribution >= 4 is 29.9 Å². The maximum atomic E-state index is 10.5. The second kappa shape index (κ2) is 11.9. The fourth-order valence-electron chi connectivity index (χ4n) is 2.47. The molecule has 0 saturated carbocycles. The van der Waals surface area contributed by atoms with Gasteiger partial charge in [-0.3, -0.25) is 0 Å². The van der Waals surface area contributed by atoms with Gasteiger partial charge in [0.25, 0.3) is 0 Å². The van der Waals surface area contributed by atoms with Crippen LogP contribution in [-0.4, -0.2) is 35.2 Å². The van der Waals surface area contributed by atoms with Crippen LogP contribution < -0.4 is 15.4 Å². The molecule has 0 bridgehead atoms. The van der Waals surface area contributed by atoms with Crippen molar-refractivity contribution in [3.8, 4) is 5.75 Å². The Balaban J connectivity index is 0.00000392. The van der Waals surface area contributed by atoms with E-state index >= 15 is 0 Å². The zero-order chi connectivity index (χ0) is 19.8. The lowest BCUT2D eigenvalue weighted by atomic mass is 10.1. The van der Waals surface area contributed by atoms with E-state index in [1.807, 2.05) is 58.9 Å². The van der Waals surface area contributed by atoms with Crippen molar-refractivity contribution in [1.82, 2.24) is 15.6 Å². The molecular formula is C20H31IN4O3. The van der Waals surface area contributed by atoms with Gasteiger partial charge >= 0.3 is 0 Å². The highest BCUT2D eigenvalue weighted by Gasteiger charge is 2.11. The summed E-state index contributed by atoms with van der Waals surface area (Å²) >= 11 is 0. The van der Waals surface area contributed by atoms with E-state index in [0.717, 1.165) is 22.8 Å². The number of aliphatic hydroxyl groups is 1. The van der Waals surface area contributed by atoms with Crippen molar-refractivity contribution in [1.29, 1.82) is 0 Å². The van der Waals surface area contributed by atoms with Gasteiger partial charge in [-0.2, -0.15) is 0 Å². The molecule has 1 atom stereocenters. The maximum Gasteiger partial charge on any atom is 0.216 e. The molecule has 0 radical (unpaired) electrons. The van der Waals surface area contributed by atoms with E-state index in [2.05, 4.69) is 20.6 Å². The molecule has 3 N–H and O–H groups in total. The number of guanidine groups is 1. The van der Waals surface area contributed by atoms with Crippen LogP contribution in [0.2, 0.25) is 0 Å². The topological polar surface area (TPSA) is 91.9 Å². The number of oxazole rings is 1. The van der Waals surface area contributed by atoms with Gasteiger partial charge in [0.2, 0.25) is 5.89 Å². The summed E-state index contributed by atoms with van der Waals surface area (Å²) in [6.45, 7) is 11.1. The van der Waals surface area contributed by atoms with Crippen molar-refractivity contribution in [2.24, 2.45) is 4.99 Å². The third-order valence-corrected chi connectivity index (χ3v) is 3.87. The highest BCUT2D eigenvalue weighted by Crippen LogP contribution is 2.20. The predicted molar refractivity (Wildman–Crippen MR) is 121 cm³/mol. The van der Waals surface area contributed by atoms with E-state index in [-0.39, 0.29) is 30.1 Å². The van der Waals surface area contributed by atoms with E-state index < -0.39 is 6.10 Å². The molecule has 2 aromatic rings. The van der Waals surface area contributed by atoms with E-state index in [0.29, 0.717) is 31.5 Å². The van der Waals surface area contributed by atoms with Gasteiger partial charge in [0.05, 0.1) is 17.9 Å². The third-order valence-electron chi connectivity index (χ3n) is 3.87. The molecule has 8 heteroatoms. The standard InChI is InChI=1S/C20H30N4O3.HI/c1-6-21-20(23-12-19-24-14(4)15(5)27-19)22-11-18(25)16-8-7-9-17(10-16)26-13(2)3;/h7-10,13,18,25H,6,11-12H2,1-5H3,(H2,21,22,23);1H. The molecule has 1 unspecified atom stereocenters. The SMILES string of the molecule is CCNC(=NCc1nc(C)c(C)o1)NCC(O)c1cccc(OC(C)C)c1.I. The fourth-order valence-corrected chi connectivity index (χ4v) is 2.47. The molecule has 0 aliphatic carbocycles. The number of hydrogen-bond donors (Lipinski definition) is 3. The summed E-state index contributed by atoms with van der Waals surface area (Å²) < 4.78 is 11.2. The maximum absolute atomic E-state index is 10.5. The van der Waals surface area contributed by atoms with Gasteiger partial charge < -0.3 is 24.9 Å². The number of aryl methyl sites for hydroxylation is 2. The number of hydrogen-bond acceptors (Lipinski definition) is 5. The van der Waals surface area contributed by atoms with Crippen LogP contribution in [0.1, 0.15) is 49.8 Å². The molecule has 0 amide bonds. The first-order valence-corrected chi connectivity index (χ1v) is 9.28. The monoisotopic (exact) mass is 502 g/mol. The lowest BCUT2D eigenvalue weighted by Crippen LogP contribution is -2.39. The fraction of sp³-hybridized carbons (Fsp3) is 0.500. The van der Waals surface area contributed by atoms with Gasteiger partial charge in [0.15, 0.2) is 5.96 Å². The molecule has 28 heavy (non-hydrogen) atoms. The molecule has 0 aliphatic heterocycles. The first-order valence-electron chi connectivity index (χ1n) is 9.28.